The molecule has 0 unspecified atom stereocenters. The average molecular weight is 289 g/mol. The minimum Gasteiger partial charge on any atom is -0.399 e. The number of benzene rings is 1. The molecule has 1 amide bonds. The Bertz CT molecular complexity index is 455. The van der Waals surface area contributed by atoms with Crippen LogP contribution >= 0.6 is 0 Å². The fourth-order valence-electron chi connectivity index (χ4n) is 3.15. The first kappa shape index (κ1) is 15.8. The zero-order valence-corrected chi connectivity index (χ0v) is 13.0. The van der Waals surface area contributed by atoms with Crippen molar-refractivity contribution in [3.05, 3.63) is 24.3 Å². The molecule has 21 heavy (non-hydrogen) atoms. The molecule has 0 aromatic heterocycles. The number of rotatable bonds is 7. The Morgan fingerprint density at radius 3 is 2.81 bits per heavy atom. The Morgan fingerprint density at radius 1 is 1.38 bits per heavy atom. The van der Waals surface area contributed by atoms with E-state index in [9.17, 15) is 4.79 Å². The lowest BCUT2D eigenvalue weighted by atomic mass is 10.2. The smallest absolute Gasteiger partial charge is 0.224 e. The molecule has 0 heterocycles. The molecule has 0 aliphatic heterocycles. The number of nitrogens with two attached hydrogens (primary N) is 1. The summed E-state index contributed by atoms with van der Waals surface area (Å²) in [7, 11) is 0. The van der Waals surface area contributed by atoms with Crippen LogP contribution in [0.2, 0.25) is 0 Å². The topological polar surface area (TPSA) is 58.4 Å². The summed E-state index contributed by atoms with van der Waals surface area (Å²) in [5.41, 5.74) is 7.16. The van der Waals surface area contributed by atoms with Crippen molar-refractivity contribution >= 4 is 17.3 Å². The maximum atomic E-state index is 11.9. The molecule has 1 saturated carbocycles. The van der Waals surface area contributed by atoms with E-state index in [1.807, 2.05) is 18.2 Å². The molecule has 1 fully saturated rings. The van der Waals surface area contributed by atoms with Crippen LogP contribution in [0.15, 0.2) is 24.3 Å². The quantitative estimate of drug-likeness (QED) is 0.758. The third-order valence-electron chi connectivity index (χ3n) is 4.27. The molecule has 0 spiro atoms. The van der Waals surface area contributed by atoms with Crippen LogP contribution in [0.25, 0.3) is 0 Å². The van der Waals surface area contributed by atoms with Crippen LogP contribution in [-0.4, -0.2) is 29.9 Å². The second-order valence-electron chi connectivity index (χ2n) is 5.84. The third kappa shape index (κ3) is 5.05. The van der Waals surface area contributed by atoms with E-state index < -0.39 is 0 Å². The van der Waals surface area contributed by atoms with Gasteiger partial charge in [0.25, 0.3) is 0 Å². The molecule has 0 saturated heterocycles. The van der Waals surface area contributed by atoms with Gasteiger partial charge in [-0.15, -0.1) is 0 Å². The van der Waals surface area contributed by atoms with E-state index in [-0.39, 0.29) is 5.91 Å². The van der Waals surface area contributed by atoms with E-state index in [4.69, 9.17) is 5.73 Å². The summed E-state index contributed by atoms with van der Waals surface area (Å²) in [6.07, 6.45) is 6.84. The fraction of sp³-hybridized carbons (Fsp3) is 0.588. The number of carbonyl (C=O) groups is 1. The number of hydrogen-bond donors (Lipinski definition) is 2. The zero-order valence-electron chi connectivity index (χ0n) is 13.0. The predicted octanol–water partition coefficient (Wildman–Crippen LogP) is 3.25. The Balaban J connectivity index is 1.71. The molecule has 1 aromatic rings. The van der Waals surface area contributed by atoms with Crippen LogP contribution in [0.4, 0.5) is 11.4 Å². The number of nitrogens with one attached hydrogen (secondary N) is 1. The van der Waals surface area contributed by atoms with Crippen molar-refractivity contribution in [1.29, 1.82) is 0 Å². The van der Waals surface area contributed by atoms with Gasteiger partial charge in [0.1, 0.15) is 0 Å². The summed E-state index contributed by atoms with van der Waals surface area (Å²) in [4.78, 5) is 14.5. The summed E-state index contributed by atoms with van der Waals surface area (Å²) in [5.74, 6) is 0.0723. The lowest BCUT2D eigenvalue weighted by molar-refractivity contribution is -0.116. The van der Waals surface area contributed by atoms with E-state index in [0.29, 0.717) is 12.1 Å². The molecule has 1 aromatic carbocycles. The first-order chi connectivity index (χ1) is 10.2. The van der Waals surface area contributed by atoms with Gasteiger partial charge in [0, 0.05) is 23.8 Å². The number of nitrogen functional groups attached to an aromatic ring is 1. The van der Waals surface area contributed by atoms with Gasteiger partial charge in [0.15, 0.2) is 0 Å². The van der Waals surface area contributed by atoms with Crippen molar-refractivity contribution < 1.29 is 4.79 Å². The normalized spacial score (nSPS) is 15.5. The number of carbonyl (C=O) groups excluding carboxylic acids is 1. The molecule has 1 aliphatic rings. The summed E-state index contributed by atoms with van der Waals surface area (Å²) in [6.45, 7) is 4.32. The minimum atomic E-state index is 0.0723. The SMILES string of the molecule is CCN(CCCC(=O)Nc1cccc(N)c1)C1CCCC1. The van der Waals surface area contributed by atoms with Crippen LogP contribution in [0.1, 0.15) is 45.4 Å². The molecular weight excluding hydrogens is 262 g/mol. The van der Waals surface area contributed by atoms with Gasteiger partial charge < -0.3 is 16.0 Å². The predicted molar refractivity (Wildman–Crippen MR) is 88.2 cm³/mol. The van der Waals surface area contributed by atoms with Crippen molar-refractivity contribution in [2.45, 2.75) is 51.5 Å². The van der Waals surface area contributed by atoms with E-state index in [2.05, 4.69) is 17.1 Å². The van der Waals surface area contributed by atoms with Crippen LogP contribution in [-0.2, 0) is 4.79 Å². The highest BCUT2D eigenvalue weighted by molar-refractivity contribution is 5.91. The Hall–Kier alpha value is -1.55. The molecule has 116 valence electrons. The van der Waals surface area contributed by atoms with Crippen LogP contribution in [0, 0.1) is 0 Å². The van der Waals surface area contributed by atoms with Crippen LogP contribution in [0.3, 0.4) is 0 Å². The summed E-state index contributed by atoms with van der Waals surface area (Å²) >= 11 is 0. The van der Waals surface area contributed by atoms with Crippen molar-refractivity contribution in [2.24, 2.45) is 0 Å². The highest BCUT2D eigenvalue weighted by Gasteiger charge is 2.20. The van der Waals surface area contributed by atoms with Gasteiger partial charge in [-0.2, -0.15) is 0 Å². The second kappa shape index (κ2) is 8.03. The number of anilines is 2. The lowest BCUT2D eigenvalue weighted by Gasteiger charge is -2.27. The summed E-state index contributed by atoms with van der Waals surface area (Å²) in [5, 5.41) is 2.91. The second-order valence-corrected chi connectivity index (χ2v) is 5.84. The minimum absolute atomic E-state index is 0.0723. The first-order valence-electron chi connectivity index (χ1n) is 8.08. The van der Waals surface area contributed by atoms with Crippen molar-refractivity contribution in [3.8, 4) is 0 Å². The van der Waals surface area contributed by atoms with Gasteiger partial charge in [-0.25, -0.2) is 0 Å². The Kier molecular flexibility index (Phi) is 6.05. The maximum Gasteiger partial charge on any atom is 0.224 e. The van der Waals surface area contributed by atoms with Crippen molar-refractivity contribution in [2.75, 3.05) is 24.1 Å². The number of hydrogen-bond acceptors (Lipinski definition) is 3. The van der Waals surface area contributed by atoms with Crippen LogP contribution in [0.5, 0.6) is 0 Å². The molecule has 3 N–H and O–H groups in total. The number of amides is 1. The zero-order chi connectivity index (χ0) is 15.1. The van der Waals surface area contributed by atoms with E-state index in [0.717, 1.165) is 31.2 Å². The Labute approximate surface area is 127 Å². The van der Waals surface area contributed by atoms with Crippen LogP contribution < -0.4 is 11.1 Å². The van der Waals surface area contributed by atoms with E-state index >= 15 is 0 Å². The van der Waals surface area contributed by atoms with Gasteiger partial charge in [-0.3, -0.25) is 4.79 Å². The molecule has 1 aliphatic carbocycles. The van der Waals surface area contributed by atoms with Gasteiger partial charge in [0.2, 0.25) is 5.91 Å². The highest BCUT2D eigenvalue weighted by Crippen LogP contribution is 2.23. The van der Waals surface area contributed by atoms with Crippen molar-refractivity contribution in [1.82, 2.24) is 4.90 Å². The molecule has 2 rings (SSSR count). The fourth-order valence-corrected chi connectivity index (χ4v) is 3.15. The average Bonchev–Trinajstić information content (AvgIpc) is 2.97. The molecular formula is C17H27N3O. The monoisotopic (exact) mass is 289 g/mol. The molecule has 0 radical (unpaired) electrons. The van der Waals surface area contributed by atoms with Gasteiger partial charge in [0.05, 0.1) is 0 Å². The van der Waals surface area contributed by atoms with Gasteiger partial charge >= 0.3 is 0 Å². The first-order valence-corrected chi connectivity index (χ1v) is 8.08. The Morgan fingerprint density at radius 2 is 2.14 bits per heavy atom. The molecule has 0 atom stereocenters. The third-order valence-corrected chi connectivity index (χ3v) is 4.27. The standard InChI is InChI=1S/C17H27N3O/c1-2-20(16-9-3-4-10-16)12-6-11-17(21)19-15-8-5-7-14(18)13-15/h5,7-8,13,16H,2-4,6,9-12,18H2,1H3,(H,19,21). The van der Waals surface area contributed by atoms with Gasteiger partial charge in [-0.05, 0) is 50.6 Å². The van der Waals surface area contributed by atoms with E-state index in [1.54, 1.807) is 6.07 Å². The highest BCUT2D eigenvalue weighted by atomic mass is 16.1. The molecule has 4 heteroatoms. The summed E-state index contributed by atoms with van der Waals surface area (Å²) < 4.78 is 0. The van der Waals surface area contributed by atoms with Gasteiger partial charge in [-0.1, -0.05) is 25.8 Å². The lowest BCUT2D eigenvalue weighted by Crippen LogP contribution is -2.34. The van der Waals surface area contributed by atoms with E-state index in [1.165, 1.54) is 25.7 Å². The maximum absolute atomic E-state index is 11.9. The molecule has 4 nitrogen and oxygen atoms in total. The summed E-state index contributed by atoms with van der Waals surface area (Å²) in [6, 6.07) is 8.06. The van der Waals surface area contributed by atoms with Crippen molar-refractivity contribution in [3.63, 3.8) is 0 Å². The largest absolute Gasteiger partial charge is 0.399 e. The number of nitrogens with zero attached hydrogens (tertiary/aromatic N) is 1. The molecule has 0 bridgehead atoms.